The van der Waals surface area contributed by atoms with Crippen molar-refractivity contribution in [1.82, 2.24) is 10.3 Å². The summed E-state index contributed by atoms with van der Waals surface area (Å²) in [7, 11) is 0. The van der Waals surface area contributed by atoms with Gasteiger partial charge in [-0.15, -0.1) is 0 Å². The third-order valence-corrected chi connectivity index (χ3v) is 2.29. The van der Waals surface area contributed by atoms with Gasteiger partial charge in [0.2, 0.25) is 0 Å². The molecule has 3 N–H and O–H groups in total. The van der Waals surface area contributed by atoms with E-state index < -0.39 is 6.10 Å². The molecule has 0 bridgehead atoms. The molecular weight excluding hydrogens is 218 g/mol. The molecule has 1 rings (SSSR count). The Hall–Kier alpha value is -1.80. The largest absolute Gasteiger partial charge is 0.391 e. The van der Waals surface area contributed by atoms with Gasteiger partial charge in [-0.1, -0.05) is 13.8 Å². The van der Waals surface area contributed by atoms with Crippen LogP contribution in [0.2, 0.25) is 0 Å². The number of nitrogens with zero attached hydrogens (tertiary/aromatic N) is 1. The number of H-pyrrole nitrogens is 1. The van der Waals surface area contributed by atoms with Crippen molar-refractivity contribution < 1.29 is 9.90 Å². The normalized spacial score (nSPS) is 12.2. The number of aliphatic hydroxyl groups excluding tert-OH is 1. The summed E-state index contributed by atoms with van der Waals surface area (Å²) < 4.78 is 0. The predicted octanol–water partition coefficient (Wildman–Crippen LogP) is 1.02. The Labute approximate surface area is 100 Å². The van der Waals surface area contributed by atoms with Crippen LogP contribution in [0.25, 0.3) is 0 Å². The fraction of sp³-hybridized carbons (Fsp3) is 0.500. The van der Waals surface area contributed by atoms with E-state index in [1.807, 2.05) is 19.9 Å². The van der Waals surface area contributed by atoms with Crippen molar-refractivity contribution in [2.45, 2.75) is 26.4 Å². The van der Waals surface area contributed by atoms with E-state index in [-0.39, 0.29) is 12.5 Å². The van der Waals surface area contributed by atoms with Gasteiger partial charge in [0.15, 0.2) is 0 Å². The van der Waals surface area contributed by atoms with E-state index in [0.717, 1.165) is 0 Å². The molecule has 0 aliphatic carbocycles. The minimum absolute atomic E-state index is 0.220. The van der Waals surface area contributed by atoms with Crippen molar-refractivity contribution >= 4 is 5.91 Å². The molecule has 1 heterocycles. The van der Waals surface area contributed by atoms with Crippen LogP contribution in [0.1, 0.15) is 36.5 Å². The minimum Gasteiger partial charge on any atom is -0.391 e. The van der Waals surface area contributed by atoms with Gasteiger partial charge < -0.3 is 15.4 Å². The average Bonchev–Trinajstić information content (AvgIpc) is 2.73. The molecule has 0 aliphatic heterocycles. The average molecular weight is 235 g/mol. The van der Waals surface area contributed by atoms with Crippen molar-refractivity contribution in [3.05, 3.63) is 23.5 Å². The maximum Gasteiger partial charge on any atom is 0.267 e. The molecule has 0 aliphatic rings. The summed E-state index contributed by atoms with van der Waals surface area (Å²) in [4.78, 5) is 14.3. The highest BCUT2D eigenvalue weighted by Crippen LogP contribution is 2.04. The van der Waals surface area contributed by atoms with E-state index in [0.29, 0.717) is 23.7 Å². The van der Waals surface area contributed by atoms with Gasteiger partial charge in [-0.3, -0.25) is 4.79 Å². The van der Waals surface area contributed by atoms with Gasteiger partial charge in [-0.25, -0.2) is 0 Å². The number of hydrogen-bond acceptors (Lipinski definition) is 3. The molecule has 1 aromatic heterocycles. The molecule has 0 saturated heterocycles. The van der Waals surface area contributed by atoms with Crippen LogP contribution in [-0.2, 0) is 0 Å². The third-order valence-electron chi connectivity index (χ3n) is 2.29. The van der Waals surface area contributed by atoms with E-state index >= 15 is 0 Å². The topological polar surface area (TPSA) is 88.9 Å². The predicted molar refractivity (Wildman–Crippen MR) is 63.3 cm³/mol. The van der Waals surface area contributed by atoms with Gasteiger partial charge in [0, 0.05) is 6.54 Å². The second-order valence-corrected chi connectivity index (χ2v) is 4.39. The summed E-state index contributed by atoms with van der Waals surface area (Å²) in [5.74, 6) is 0.0758. The molecule has 0 saturated carbocycles. The Morgan fingerprint density at radius 3 is 2.82 bits per heavy atom. The highest BCUT2D eigenvalue weighted by molar-refractivity contribution is 5.92. The first kappa shape index (κ1) is 13.3. The number of aliphatic hydroxyl groups is 1. The molecule has 0 radical (unpaired) electrons. The number of hydrogen-bond donors (Lipinski definition) is 3. The van der Waals surface area contributed by atoms with E-state index in [1.165, 1.54) is 0 Å². The number of nitriles is 1. The number of aromatic nitrogens is 1. The van der Waals surface area contributed by atoms with Crippen molar-refractivity contribution in [3.63, 3.8) is 0 Å². The van der Waals surface area contributed by atoms with Crippen molar-refractivity contribution in [2.24, 2.45) is 5.92 Å². The summed E-state index contributed by atoms with van der Waals surface area (Å²) in [5.41, 5.74) is 0.677. The lowest BCUT2D eigenvalue weighted by Gasteiger charge is -2.13. The Morgan fingerprint density at radius 1 is 1.59 bits per heavy atom. The molecule has 0 spiro atoms. The summed E-state index contributed by atoms with van der Waals surface area (Å²) in [6.07, 6.45) is 0.110. The van der Waals surface area contributed by atoms with Gasteiger partial charge >= 0.3 is 0 Å². The van der Waals surface area contributed by atoms with Crippen LogP contribution in [0.4, 0.5) is 0 Å². The molecule has 0 aromatic carbocycles. The molecule has 0 fully saturated rings. The first-order valence-corrected chi connectivity index (χ1v) is 5.58. The fourth-order valence-corrected chi connectivity index (χ4v) is 1.53. The van der Waals surface area contributed by atoms with Crippen molar-refractivity contribution in [2.75, 3.05) is 6.54 Å². The summed E-state index contributed by atoms with van der Waals surface area (Å²) >= 11 is 0. The smallest absolute Gasteiger partial charge is 0.267 e. The maximum absolute atomic E-state index is 11.6. The van der Waals surface area contributed by atoms with Crippen LogP contribution in [0.15, 0.2) is 12.1 Å². The molecule has 5 heteroatoms. The van der Waals surface area contributed by atoms with Gasteiger partial charge in [0.25, 0.3) is 5.91 Å². The molecule has 1 unspecified atom stereocenters. The zero-order valence-corrected chi connectivity index (χ0v) is 10.0. The van der Waals surface area contributed by atoms with Crippen LogP contribution in [0.5, 0.6) is 0 Å². The number of aromatic amines is 1. The zero-order valence-electron chi connectivity index (χ0n) is 10.0. The van der Waals surface area contributed by atoms with Crippen LogP contribution in [0, 0.1) is 17.2 Å². The summed E-state index contributed by atoms with van der Waals surface area (Å²) in [5, 5.41) is 20.8. The van der Waals surface area contributed by atoms with E-state index in [2.05, 4.69) is 10.3 Å². The molecule has 5 nitrogen and oxygen atoms in total. The molecule has 1 atom stereocenters. The van der Waals surface area contributed by atoms with E-state index in [1.54, 1.807) is 12.1 Å². The number of rotatable bonds is 5. The first-order chi connectivity index (χ1) is 8.02. The second-order valence-electron chi connectivity index (χ2n) is 4.39. The lowest BCUT2D eigenvalue weighted by Crippen LogP contribution is -2.32. The minimum atomic E-state index is -0.538. The van der Waals surface area contributed by atoms with Crippen LogP contribution >= 0.6 is 0 Å². The third kappa shape index (κ3) is 4.29. The van der Waals surface area contributed by atoms with Crippen molar-refractivity contribution in [1.29, 1.82) is 5.26 Å². The van der Waals surface area contributed by atoms with Crippen LogP contribution < -0.4 is 5.32 Å². The fourth-order valence-electron chi connectivity index (χ4n) is 1.53. The van der Waals surface area contributed by atoms with Gasteiger partial charge in [0.1, 0.15) is 17.5 Å². The van der Waals surface area contributed by atoms with Crippen LogP contribution in [0.3, 0.4) is 0 Å². The van der Waals surface area contributed by atoms with Crippen LogP contribution in [-0.4, -0.2) is 28.6 Å². The molecule has 17 heavy (non-hydrogen) atoms. The lowest BCUT2D eigenvalue weighted by atomic mass is 10.1. The number of nitrogens with one attached hydrogen (secondary N) is 2. The molecule has 1 aromatic rings. The standard InChI is InChI=1S/C12H17N3O2/c1-8(2)5-10(16)7-14-12(17)11-4-3-9(6-13)15-11/h3-4,8,10,15-16H,5,7H2,1-2H3,(H,14,17). The SMILES string of the molecule is CC(C)CC(O)CNC(=O)c1ccc(C#N)[nH]1. The Bertz CT molecular complexity index is 418. The molecule has 92 valence electrons. The second kappa shape index (κ2) is 6.06. The number of carbonyl (C=O) groups is 1. The Morgan fingerprint density at radius 2 is 2.29 bits per heavy atom. The lowest BCUT2D eigenvalue weighted by molar-refractivity contribution is 0.0896. The number of amides is 1. The highest BCUT2D eigenvalue weighted by Gasteiger charge is 2.11. The Balaban J connectivity index is 2.42. The summed E-state index contributed by atoms with van der Waals surface area (Å²) in [6.45, 7) is 4.24. The monoisotopic (exact) mass is 235 g/mol. The maximum atomic E-state index is 11.6. The zero-order chi connectivity index (χ0) is 12.8. The van der Waals surface area contributed by atoms with Gasteiger partial charge in [0.05, 0.1) is 6.10 Å². The highest BCUT2D eigenvalue weighted by atomic mass is 16.3. The van der Waals surface area contributed by atoms with E-state index in [9.17, 15) is 9.90 Å². The Kier molecular flexibility index (Phi) is 4.73. The molecule has 1 amide bonds. The first-order valence-electron chi connectivity index (χ1n) is 5.58. The van der Waals surface area contributed by atoms with E-state index in [4.69, 9.17) is 5.26 Å². The van der Waals surface area contributed by atoms with Gasteiger partial charge in [-0.05, 0) is 24.5 Å². The summed E-state index contributed by atoms with van der Waals surface area (Å²) in [6, 6.07) is 4.99. The van der Waals surface area contributed by atoms with Crippen molar-refractivity contribution in [3.8, 4) is 6.07 Å². The number of carbonyl (C=O) groups excluding carboxylic acids is 1. The van der Waals surface area contributed by atoms with Gasteiger partial charge in [-0.2, -0.15) is 5.26 Å². The molecular formula is C12H17N3O2. The quantitative estimate of drug-likeness (QED) is 0.712.